The van der Waals surface area contributed by atoms with E-state index in [2.05, 4.69) is 26.2 Å². The molecular weight excluding hydrogens is 336 g/mol. The van der Waals surface area contributed by atoms with Crippen molar-refractivity contribution < 1.29 is 9.90 Å². The van der Waals surface area contributed by atoms with Crippen LogP contribution in [0.1, 0.15) is 11.3 Å². The minimum Gasteiger partial charge on any atom is -0.396 e. The van der Waals surface area contributed by atoms with E-state index in [0.717, 1.165) is 10.0 Å². The first kappa shape index (κ1) is 15.7. The summed E-state index contributed by atoms with van der Waals surface area (Å²) in [6.07, 6.45) is 2.13. The van der Waals surface area contributed by atoms with Crippen LogP contribution >= 0.6 is 15.9 Å². The van der Waals surface area contributed by atoms with E-state index in [9.17, 15) is 4.79 Å². The number of nitrogens with zero attached hydrogens (tertiary/aromatic N) is 4. The normalized spacial score (nSPS) is 10.6. The molecule has 0 bridgehead atoms. The summed E-state index contributed by atoms with van der Waals surface area (Å²) >= 11 is 3.47. The van der Waals surface area contributed by atoms with Crippen molar-refractivity contribution in [3.05, 3.63) is 46.2 Å². The second-order valence-electron chi connectivity index (χ2n) is 4.72. The Bertz CT molecular complexity index is 615. The molecule has 0 aliphatic rings. The molecule has 1 aromatic heterocycles. The summed E-state index contributed by atoms with van der Waals surface area (Å²) in [6.45, 7) is 0.687. The molecule has 112 valence electrons. The van der Waals surface area contributed by atoms with Crippen molar-refractivity contribution >= 4 is 21.8 Å². The Labute approximate surface area is 131 Å². The zero-order chi connectivity index (χ0) is 15.2. The van der Waals surface area contributed by atoms with Gasteiger partial charge in [0.2, 0.25) is 5.91 Å². The van der Waals surface area contributed by atoms with Crippen LogP contribution in [0.25, 0.3) is 0 Å². The number of aromatic nitrogens is 3. The van der Waals surface area contributed by atoms with E-state index in [1.54, 1.807) is 18.1 Å². The molecule has 6 nitrogen and oxygen atoms in total. The van der Waals surface area contributed by atoms with Gasteiger partial charge in [0.15, 0.2) is 0 Å². The van der Waals surface area contributed by atoms with Crippen molar-refractivity contribution in [2.45, 2.75) is 19.5 Å². The zero-order valence-electron chi connectivity index (χ0n) is 11.7. The Morgan fingerprint density at radius 1 is 1.43 bits per heavy atom. The number of aliphatic hydroxyl groups excluding tert-OH is 1. The van der Waals surface area contributed by atoms with Crippen molar-refractivity contribution in [2.24, 2.45) is 0 Å². The van der Waals surface area contributed by atoms with Crippen molar-refractivity contribution in [3.63, 3.8) is 0 Å². The molecule has 0 saturated carbocycles. The van der Waals surface area contributed by atoms with E-state index in [1.165, 1.54) is 4.68 Å². The molecule has 1 amide bonds. The predicted molar refractivity (Wildman–Crippen MR) is 81.4 cm³/mol. The average Bonchev–Trinajstić information content (AvgIpc) is 2.89. The van der Waals surface area contributed by atoms with E-state index in [-0.39, 0.29) is 19.1 Å². The predicted octanol–water partition coefficient (Wildman–Crippen LogP) is 1.23. The molecule has 2 aromatic rings. The summed E-state index contributed by atoms with van der Waals surface area (Å²) in [5.41, 5.74) is 1.73. The molecule has 0 aliphatic heterocycles. The van der Waals surface area contributed by atoms with Crippen molar-refractivity contribution in [2.75, 3.05) is 13.7 Å². The molecule has 0 atom stereocenters. The molecule has 1 heterocycles. The molecule has 7 heteroatoms. The third-order valence-electron chi connectivity index (χ3n) is 3.04. The SMILES string of the molecule is CN(Cc1ccccc1Br)C(=O)Cn1cc(CCO)nn1. The maximum Gasteiger partial charge on any atom is 0.244 e. The molecule has 0 aliphatic carbocycles. The molecule has 1 aromatic carbocycles. The van der Waals surface area contributed by atoms with Gasteiger partial charge in [0.1, 0.15) is 6.54 Å². The molecule has 0 spiro atoms. The number of hydrogen-bond donors (Lipinski definition) is 1. The number of carbonyl (C=O) groups is 1. The Balaban J connectivity index is 1.94. The van der Waals surface area contributed by atoms with Gasteiger partial charge in [-0.25, -0.2) is 4.68 Å². The van der Waals surface area contributed by atoms with Crippen LogP contribution in [-0.4, -0.2) is 44.6 Å². The zero-order valence-corrected chi connectivity index (χ0v) is 13.3. The quantitative estimate of drug-likeness (QED) is 0.848. The maximum absolute atomic E-state index is 12.2. The van der Waals surface area contributed by atoms with Gasteiger partial charge in [-0.1, -0.05) is 39.3 Å². The van der Waals surface area contributed by atoms with E-state index in [1.807, 2.05) is 24.3 Å². The van der Waals surface area contributed by atoms with Gasteiger partial charge in [0.05, 0.1) is 5.69 Å². The van der Waals surface area contributed by atoms with Crippen LogP contribution in [0.4, 0.5) is 0 Å². The highest BCUT2D eigenvalue weighted by Crippen LogP contribution is 2.17. The van der Waals surface area contributed by atoms with Gasteiger partial charge >= 0.3 is 0 Å². The Kier molecular flexibility index (Phi) is 5.46. The molecule has 21 heavy (non-hydrogen) atoms. The van der Waals surface area contributed by atoms with Crippen LogP contribution in [0, 0.1) is 0 Å². The van der Waals surface area contributed by atoms with Crippen molar-refractivity contribution in [1.82, 2.24) is 19.9 Å². The minimum absolute atomic E-state index is 0.0224. The lowest BCUT2D eigenvalue weighted by Gasteiger charge is -2.17. The first-order chi connectivity index (χ1) is 10.1. The van der Waals surface area contributed by atoms with Crippen LogP contribution in [0.2, 0.25) is 0 Å². The summed E-state index contributed by atoms with van der Waals surface area (Å²) in [7, 11) is 1.76. The second kappa shape index (κ2) is 7.33. The highest BCUT2D eigenvalue weighted by molar-refractivity contribution is 9.10. The number of amides is 1. The van der Waals surface area contributed by atoms with Gasteiger partial charge in [0, 0.05) is 37.3 Å². The van der Waals surface area contributed by atoms with Crippen molar-refractivity contribution in [3.8, 4) is 0 Å². The minimum atomic E-state index is -0.0498. The largest absolute Gasteiger partial charge is 0.396 e. The summed E-state index contributed by atoms with van der Waals surface area (Å²) in [5.74, 6) is -0.0498. The number of hydrogen-bond acceptors (Lipinski definition) is 4. The molecular formula is C14H17BrN4O2. The van der Waals surface area contributed by atoms with Gasteiger partial charge in [-0.2, -0.15) is 0 Å². The van der Waals surface area contributed by atoms with Gasteiger partial charge < -0.3 is 10.0 Å². The summed E-state index contributed by atoms with van der Waals surface area (Å²) in [5, 5.41) is 16.6. The molecule has 0 unspecified atom stereocenters. The first-order valence-electron chi connectivity index (χ1n) is 6.57. The molecule has 0 radical (unpaired) electrons. The van der Waals surface area contributed by atoms with Crippen LogP contribution in [0.5, 0.6) is 0 Å². The van der Waals surface area contributed by atoms with Crippen LogP contribution in [0.3, 0.4) is 0 Å². The smallest absolute Gasteiger partial charge is 0.244 e. The third kappa shape index (κ3) is 4.37. The van der Waals surface area contributed by atoms with Gasteiger partial charge in [-0.3, -0.25) is 4.79 Å². The van der Waals surface area contributed by atoms with Crippen LogP contribution in [-0.2, 0) is 24.3 Å². The van der Waals surface area contributed by atoms with Crippen molar-refractivity contribution in [1.29, 1.82) is 0 Å². The monoisotopic (exact) mass is 352 g/mol. The van der Waals surface area contributed by atoms with Gasteiger partial charge in [-0.05, 0) is 11.6 Å². The third-order valence-corrected chi connectivity index (χ3v) is 3.82. The highest BCUT2D eigenvalue weighted by atomic mass is 79.9. The average molecular weight is 353 g/mol. The number of halogens is 1. The second-order valence-corrected chi connectivity index (χ2v) is 5.58. The fraction of sp³-hybridized carbons (Fsp3) is 0.357. The maximum atomic E-state index is 12.2. The van der Waals surface area contributed by atoms with E-state index in [0.29, 0.717) is 18.7 Å². The number of rotatable bonds is 6. The van der Waals surface area contributed by atoms with Gasteiger partial charge in [-0.15, -0.1) is 5.10 Å². The lowest BCUT2D eigenvalue weighted by Crippen LogP contribution is -2.30. The molecule has 1 N–H and O–H groups in total. The number of aliphatic hydroxyl groups is 1. The fourth-order valence-corrected chi connectivity index (χ4v) is 2.28. The summed E-state index contributed by atoms with van der Waals surface area (Å²) < 4.78 is 2.47. The number of benzene rings is 1. The Morgan fingerprint density at radius 3 is 2.90 bits per heavy atom. The summed E-state index contributed by atoms with van der Waals surface area (Å²) in [6, 6.07) is 7.80. The Morgan fingerprint density at radius 2 is 2.19 bits per heavy atom. The number of likely N-dealkylation sites (N-methyl/N-ethyl adjacent to an activating group) is 1. The van der Waals surface area contributed by atoms with Crippen LogP contribution < -0.4 is 0 Å². The standard InChI is InChI=1S/C14H17BrN4O2/c1-18(8-11-4-2-3-5-13(11)15)14(21)10-19-9-12(6-7-20)16-17-19/h2-5,9,20H,6-8,10H2,1H3. The highest BCUT2D eigenvalue weighted by Gasteiger charge is 2.12. The van der Waals surface area contributed by atoms with Gasteiger partial charge in [0.25, 0.3) is 0 Å². The lowest BCUT2D eigenvalue weighted by atomic mass is 10.2. The van der Waals surface area contributed by atoms with E-state index in [4.69, 9.17) is 5.11 Å². The molecule has 0 saturated heterocycles. The molecule has 0 fully saturated rings. The summed E-state index contributed by atoms with van der Waals surface area (Å²) in [4.78, 5) is 13.8. The van der Waals surface area contributed by atoms with E-state index < -0.39 is 0 Å². The fourth-order valence-electron chi connectivity index (χ4n) is 1.87. The number of carbonyl (C=O) groups excluding carboxylic acids is 1. The Hall–Kier alpha value is -1.73. The van der Waals surface area contributed by atoms with Crippen LogP contribution in [0.15, 0.2) is 34.9 Å². The van der Waals surface area contributed by atoms with E-state index >= 15 is 0 Å². The molecule has 2 rings (SSSR count). The lowest BCUT2D eigenvalue weighted by molar-refractivity contribution is -0.131. The first-order valence-corrected chi connectivity index (χ1v) is 7.36. The topological polar surface area (TPSA) is 71.2 Å².